The number of halogens is 3. The van der Waals surface area contributed by atoms with Crippen LogP contribution < -0.4 is 0 Å². The molecule has 1 aromatic carbocycles. The molecule has 0 N–H and O–H groups in total. The van der Waals surface area contributed by atoms with Crippen molar-refractivity contribution in [2.75, 3.05) is 53.1 Å². The first-order valence-electron chi connectivity index (χ1n) is 8.23. The molecule has 0 aliphatic carbocycles. The van der Waals surface area contributed by atoms with Crippen LogP contribution in [0, 0.1) is 17.5 Å². The van der Waals surface area contributed by atoms with E-state index in [1.165, 1.54) is 12.0 Å². The van der Waals surface area contributed by atoms with E-state index < -0.39 is 28.9 Å². The lowest BCUT2D eigenvalue weighted by molar-refractivity contribution is -0.136. The summed E-state index contributed by atoms with van der Waals surface area (Å²) in [5.74, 6) is -5.46. The monoisotopic (exact) mass is 374 g/mol. The van der Waals surface area contributed by atoms with E-state index in [1.807, 2.05) is 0 Å². The summed E-state index contributed by atoms with van der Waals surface area (Å²) in [6, 6.07) is 1.64. The first-order valence-corrected chi connectivity index (χ1v) is 8.23. The maximum Gasteiger partial charge on any atom is 0.257 e. The van der Waals surface area contributed by atoms with E-state index in [-0.39, 0.29) is 32.1 Å². The van der Waals surface area contributed by atoms with Crippen molar-refractivity contribution in [2.24, 2.45) is 0 Å². The van der Waals surface area contributed by atoms with Gasteiger partial charge in [0.15, 0.2) is 17.5 Å². The number of hydrogen-bond acceptors (Lipinski definition) is 4. The molecule has 1 heterocycles. The van der Waals surface area contributed by atoms with E-state index >= 15 is 0 Å². The highest BCUT2D eigenvalue weighted by Crippen LogP contribution is 2.18. The van der Waals surface area contributed by atoms with Gasteiger partial charge < -0.3 is 19.3 Å². The average molecular weight is 374 g/mol. The summed E-state index contributed by atoms with van der Waals surface area (Å²) >= 11 is 0. The second-order valence-electron chi connectivity index (χ2n) is 5.79. The van der Waals surface area contributed by atoms with Crippen LogP contribution in [-0.4, -0.2) is 74.7 Å². The molecule has 0 unspecified atom stereocenters. The molecule has 0 radical (unpaired) electrons. The van der Waals surface area contributed by atoms with Crippen LogP contribution in [0.25, 0.3) is 0 Å². The highest BCUT2D eigenvalue weighted by molar-refractivity contribution is 5.94. The Bertz CT molecular complexity index is 657. The summed E-state index contributed by atoms with van der Waals surface area (Å²) in [4.78, 5) is 27.4. The molecule has 1 aliphatic rings. The van der Waals surface area contributed by atoms with Gasteiger partial charge in [0, 0.05) is 33.3 Å². The van der Waals surface area contributed by atoms with Crippen molar-refractivity contribution >= 4 is 11.8 Å². The van der Waals surface area contributed by atoms with Crippen LogP contribution in [0.3, 0.4) is 0 Å². The average Bonchev–Trinajstić information content (AvgIpc) is 2.89. The van der Waals surface area contributed by atoms with Crippen molar-refractivity contribution in [3.05, 3.63) is 35.1 Å². The van der Waals surface area contributed by atoms with Gasteiger partial charge in [0.2, 0.25) is 5.91 Å². The predicted molar refractivity (Wildman–Crippen MR) is 86.1 cm³/mol. The van der Waals surface area contributed by atoms with E-state index in [4.69, 9.17) is 9.47 Å². The second kappa shape index (κ2) is 9.54. The van der Waals surface area contributed by atoms with E-state index in [1.54, 1.807) is 4.90 Å². The van der Waals surface area contributed by atoms with Crippen LogP contribution >= 0.6 is 0 Å². The lowest BCUT2D eigenvalue weighted by Gasteiger charge is -2.22. The smallest absolute Gasteiger partial charge is 0.257 e. The summed E-state index contributed by atoms with van der Waals surface area (Å²) in [7, 11) is 1.53. The van der Waals surface area contributed by atoms with Gasteiger partial charge >= 0.3 is 0 Å². The van der Waals surface area contributed by atoms with E-state index in [9.17, 15) is 22.8 Å². The Balaban J connectivity index is 1.94. The van der Waals surface area contributed by atoms with Gasteiger partial charge in [0.1, 0.15) is 6.61 Å². The third kappa shape index (κ3) is 4.95. The van der Waals surface area contributed by atoms with Crippen LogP contribution in [0.4, 0.5) is 13.2 Å². The van der Waals surface area contributed by atoms with Crippen molar-refractivity contribution in [3.63, 3.8) is 0 Å². The third-order valence-corrected chi connectivity index (χ3v) is 4.06. The molecule has 0 atom stereocenters. The molecule has 0 aromatic heterocycles. The number of carbonyl (C=O) groups is 2. The molecule has 1 aromatic rings. The predicted octanol–water partition coefficient (Wildman–Crippen LogP) is 1.44. The summed E-state index contributed by atoms with van der Waals surface area (Å²) in [5, 5.41) is 0. The van der Waals surface area contributed by atoms with Crippen LogP contribution in [-0.2, 0) is 14.3 Å². The number of ether oxygens (including phenoxy) is 2. The molecule has 0 saturated carbocycles. The second-order valence-corrected chi connectivity index (χ2v) is 5.79. The first-order chi connectivity index (χ1) is 12.5. The SMILES string of the molecule is COCCOCC(=O)N1CCCN(C(=O)c2ccc(F)c(F)c2F)CC1. The number of benzene rings is 1. The Morgan fingerprint density at radius 1 is 1.00 bits per heavy atom. The normalized spacial score (nSPS) is 15.1. The number of hydrogen-bond donors (Lipinski definition) is 0. The molecule has 1 saturated heterocycles. The number of methoxy groups -OCH3 is 1. The molecular weight excluding hydrogens is 353 g/mol. The zero-order valence-electron chi connectivity index (χ0n) is 14.5. The number of amides is 2. The van der Waals surface area contributed by atoms with Gasteiger partial charge in [-0.05, 0) is 18.6 Å². The van der Waals surface area contributed by atoms with E-state index in [0.717, 1.165) is 12.1 Å². The molecule has 1 aliphatic heterocycles. The Morgan fingerprint density at radius 2 is 1.69 bits per heavy atom. The summed E-state index contributed by atoms with van der Waals surface area (Å²) in [6.07, 6.45) is 0.487. The highest BCUT2D eigenvalue weighted by Gasteiger charge is 2.26. The summed E-state index contributed by atoms with van der Waals surface area (Å²) < 4.78 is 50.2. The molecule has 26 heavy (non-hydrogen) atoms. The molecule has 9 heteroatoms. The minimum atomic E-state index is -1.67. The maximum atomic E-state index is 13.8. The number of nitrogens with zero attached hydrogens (tertiary/aromatic N) is 2. The van der Waals surface area contributed by atoms with Gasteiger partial charge in [-0.15, -0.1) is 0 Å². The van der Waals surface area contributed by atoms with Crippen LogP contribution in [0.15, 0.2) is 12.1 Å². The third-order valence-electron chi connectivity index (χ3n) is 4.06. The Morgan fingerprint density at radius 3 is 2.42 bits per heavy atom. The van der Waals surface area contributed by atoms with Gasteiger partial charge in [-0.25, -0.2) is 13.2 Å². The Labute approximate surface area is 149 Å². The first kappa shape index (κ1) is 20.2. The zero-order chi connectivity index (χ0) is 19.1. The molecule has 6 nitrogen and oxygen atoms in total. The van der Waals surface area contributed by atoms with Crippen LogP contribution in [0.2, 0.25) is 0 Å². The number of rotatable bonds is 6. The molecule has 0 bridgehead atoms. The Kier molecular flexibility index (Phi) is 7.40. The van der Waals surface area contributed by atoms with Crippen molar-refractivity contribution < 1.29 is 32.2 Å². The summed E-state index contributed by atoms with van der Waals surface area (Å²) in [6.45, 7) is 1.73. The van der Waals surface area contributed by atoms with Gasteiger partial charge in [0.25, 0.3) is 5.91 Å². The fraction of sp³-hybridized carbons (Fsp3) is 0.529. The largest absolute Gasteiger partial charge is 0.382 e. The molecular formula is C17H21F3N2O4. The van der Waals surface area contributed by atoms with Gasteiger partial charge in [0.05, 0.1) is 18.8 Å². The standard InChI is InChI=1S/C17H21F3N2O4/c1-25-9-10-26-11-14(23)21-5-2-6-22(8-7-21)17(24)12-3-4-13(18)16(20)15(12)19/h3-4H,2,5-11H2,1H3. The molecule has 2 rings (SSSR count). The van der Waals surface area contributed by atoms with E-state index in [2.05, 4.69) is 0 Å². The van der Waals surface area contributed by atoms with Crippen molar-refractivity contribution in [1.29, 1.82) is 0 Å². The summed E-state index contributed by atoms with van der Waals surface area (Å²) in [5.41, 5.74) is -0.522. The van der Waals surface area contributed by atoms with Gasteiger partial charge in [-0.2, -0.15) is 0 Å². The molecule has 2 amide bonds. The lowest BCUT2D eigenvalue weighted by atomic mass is 10.1. The van der Waals surface area contributed by atoms with Crippen LogP contribution in [0.5, 0.6) is 0 Å². The number of carbonyl (C=O) groups excluding carboxylic acids is 2. The quantitative estimate of drug-likeness (QED) is 0.559. The lowest BCUT2D eigenvalue weighted by Crippen LogP contribution is -2.39. The van der Waals surface area contributed by atoms with Gasteiger partial charge in [-0.1, -0.05) is 0 Å². The minimum Gasteiger partial charge on any atom is -0.382 e. The molecule has 0 spiro atoms. The zero-order valence-corrected chi connectivity index (χ0v) is 14.5. The van der Waals surface area contributed by atoms with E-state index in [0.29, 0.717) is 26.2 Å². The van der Waals surface area contributed by atoms with Crippen molar-refractivity contribution in [2.45, 2.75) is 6.42 Å². The maximum absolute atomic E-state index is 13.8. The highest BCUT2D eigenvalue weighted by atomic mass is 19.2. The molecule has 1 fully saturated rings. The fourth-order valence-electron chi connectivity index (χ4n) is 2.62. The van der Waals surface area contributed by atoms with Crippen molar-refractivity contribution in [1.82, 2.24) is 9.80 Å². The van der Waals surface area contributed by atoms with Crippen molar-refractivity contribution in [3.8, 4) is 0 Å². The Hall–Kier alpha value is -2.13. The topological polar surface area (TPSA) is 59.1 Å². The van der Waals surface area contributed by atoms with Gasteiger partial charge in [-0.3, -0.25) is 9.59 Å². The van der Waals surface area contributed by atoms with Crippen LogP contribution in [0.1, 0.15) is 16.8 Å². The minimum absolute atomic E-state index is 0.0882. The fourth-order valence-corrected chi connectivity index (χ4v) is 2.62. The molecule has 144 valence electrons.